The molecule has 0 spiro atoms. The molecule has 3 heteroatoms. The van der Waals surface area contributed by atoms with Crippen LogP contribution in [0.4, 0.5) is 4.39 Å². The molecule has 2 nitrogen and oxygen atoms in total. The van der Waals surface area contributed by atoms with Gasteiger partial charge < -0.3 is 5.32 Å². The predicted molar refractivity (Wildman–Crippen MR) is 60.4 cm³/mol. The normalized spacial score (nSPS) is 17.1. The highest BCUT2D eigenvalue weighted by Crippen LogP contribution is 2.17. The third-order valence-corrected chi connectivity index (χ3v) is 2.86. The number of hydrogen-bond acceptors (Lipinski definition) is 1. The Labute approximate surface area is 94.9 Å². The molecule has 1 saturated carbocycles. The molecule has 85 valence electrons. The molecule has 2 rings (SSSR count). The molecule has 1 N–H and O–H groups in total. The molecular formula is C13H15FNO. The minimum Gasteiger partial charge on any atom is -0.349 e. The minimum absolute atomic E-state index is 0.175. The second-order valence-corrected chi connectivity index (χ2v) is 4.12. The number of benzene rings is 1. The van der Waals surface area contributed by atoms with Gasteiger partial charge in [0.05, 0.1) is 0 Å². The van der Waals surface area contributed by atoms with Crippen LogP contribution < -0.4 is 5.32 Å². The van der Waals surface area contributed by atoms with Crippen LogP contribution in [-0.2, 0) is 0 Å². The minimum atomic E-state index is -0.371. The van der Waals surface area contributed by atoms with Crippen LogP contribution in [0.15, 0.2) is 24.3 Å². The molecule has 0 unspecified atom stereocenters. The van der Waals surface area contributed by atoms with Gasteiger partial charge in [0.25, 0.3) is 5.91 Å². The van der Waals surface area contributed by atoms with Crippen molar-refractivity contribution in [1.82, 2.24) is 5.32 Å². The van der Waals surface area contributed by atoms with Crippen molar-refractivity contribution >= 4 is 5.91 Å². The van der Waals surface area contributed by atoms with Crippen molar-refractivity contribution in [3.05, 3.63) is 42.1 Å². The average Bonchev–Trinajstić information content (AvgIpc) is 2.30. The Bertz CT molecular complexity index is 372. The molecule has 1 amide bonds. The van der Waals surface area contributed by atoms with E-state index in [2.05, 4.69) is 11.7 Å². The van der Waals surface area contributed by atoms with Crippen molar-refractivity contribution in [2.75, 3.05) is 0 Å². The molecule has 0 aromatic heterocycles. The van der Waals surface area contributed by atoms with Gasteiger partial charge in [0.15, 0.2) is 0 Å². The quantitative estimate of drug-likeness (QED) is 0.815. The molecule has 1 aromatic rings. The van der Waals surface area contributed by atoms with Crippen molar-refractivity contribution in [2.45, 2.75) is 31.7 Å². The summed E-state index contributed by atoms with van der Waals surface area (Å²) in [7, 11) is 0. The van der Waals surface area contributed by atoms with Crippen LogP contribution in [0.5, 0.6) is 0 Å². The van der Waals surface area contributed by atoms with Gasteiger partial charge in [-0.05, 0) is 50.3 Å². The van der Waals surface area contributed by atoms with Crippen LogP contribution in [0.1, 0.15) is 36.0 Å². The Kier molecular flexibility index (Phi) is 3.54. The molecule has 1 aromatic carbocycles. The van der Waals surface area contributed by atoms with Crippen molar-refractivity contribution < 1.29 is 9.18 Å². The monoisotopic (exact) mass is 220 g/mol. The molecule has 0 aliphatic heterocycles. The summed E-state index contributed by atoms with van der Waals surface area (Å²) in [5.74, 6) is -0.545. The van der Waals surface area contributed by atoms with Gasteiger partial charge in [0.2, 0.25) is 0 Å². The first-order chi connectivity index (χ1) is 7.75. The lowest BCUT2D eigenvalue weighted by atomic mass is 9.95. The van der Waals surface area contributed by atoms with E-state index in [9.17, 15) is 9.18 Å². The Morgan fingerprint density at radius 3 is 2.75 bits per heavy atom. The fraction of sp³-hybridized carbons (Fsp3) is 0.385. The number of halogens is 1. The average molecular weight is 220 g/mol. The Hall–Kier alpha value is -1.38. The number of hydrogen-bond donors (Lipinski definition) is 1. The van der Waals surface area contributed by atoms with Gasteiger partial charge in [0.1, 0.15) is 5.82 Å². The van der Waals surface area contributed by atoms with E-state index in [1.54, 1.807) is 12.1 Å². The predicted octanol–water partition coefficient (Wildman–Crippen LogP) is 2.70. The maximum Gasteiger partial charge on any atom is 0.251 e. The molecule has 0 atom stereocenters. The zero-order valence-corrected chi connectivity index (χ0v) is 9.08. The SMILES string of the molecule is O=C(NC1CC[CH]CC1)c1cccc(F)c1. The standard InChI is InChI=1S/C13H15FNO/c14-11-6-4-5-10(9-11)13(16)15-12-7-2-1-3-8-12/h1,4-6,9,12H,2-3,7-8H2,(H,15,16). The van der Waals surface area contributed by atoms with Crippen LogP contribution in [0.25, 0.3) is 0 Å². The molecule has 16 heavy (non-hydrogen) atoms. The van der Waals surface area contributed by atoms with Crippen molar-refractivity contribution in [3.63, 3.8) is 0 Å². The fourth-order valence-electron chi connectivity index (χ4n) is 1.97. The molecule has 0 saturated heterocycles. The zero-order chi connectivity index (χ0) is 11.4. The van der Waals surface area contributed by atoms with E-state index in [0.29, 0.717) is 5.56 Å². The summed E-state index contributed by atoms with van der Waals surface area (Å²) >= 11 is 0. The molecule has 1 aliphatic rings. The first kappa shape index (κ1) is 11.1. The summed E-state index contributed by atoms with van der Waals surface area (Å²) in [6.45, 7) is 0. The highest BCUT2D eigenvalue weighted by Gasteiger charge is 2.16. The highest BCUT2D eigenvalue weighted by atomic mass is 19.1. The summed E-state index contributed by atoms with van der Waals surface area (Å²) in [6.07, 6.45) is 6.31. The van der Waals surface area contributed by atoms with E-state index in [0.717, 1.165) is 25.7 Å². The fourth-order valence-corrected chi connectivity index (χ4v) is 1.97. The molecular weight excluding hydrogens is 205 g/mol. The molecule has 1 radical (unpaired) electrons. The van der Waals surface area contributed by atoms with Crippen LogP contribution in [0, 0.1) is 12.2 Å². The van der Waals surface area contributed by atoms with Gasteiger partial charge in [-0.3, -0.25) is 4.79 Å². The molecule has 1 aliphatic carbocycles. The van der Waals surface area contributed by atoms with Gasteiger partial charge in [-0.25, -0.2) is 4.39 Å². The Morgan fingerprint density at radius 2 is 2.06 bits per heavy atom. The number of nitrogens with one attached hydrogen (secondary N) is 1. The number of amides is 1. The van der Waals surface area contributed by atoms with Gasteiger partial charge in [0, 0.05) is 11.6 Å². The molecule has 1 fully saturated rings. The first-order valence-electron chi connectivity index (χ1n) is 5.64. The molecule has 0 bridgehead atoms. The number of carbonyl (C=O) groups excluding carboxylic acids is 1. The maximum absolute atomic E-state index is 12.9. The third-order valence-electron chi connectivity index (χ3n) is 2.86. The van der Waals surface area contributed by atoms with Crippen LogP contribution in [0.3, 0.4) is 0 Å². The van der Waals surface area contributed by atoms with Gasteiger partial charge in [-0.1, -0.05) is 6.07 Å². The third kappa shape index (κ3) is 2.81. The maximum atomic E-state index is 12.9. The second-order valence-electron chi connectivity index (χ2n) is 4.12. The second kappa shape index (κ2) is 5.10. The van der Waals surface area contributed by atoms with Gasteiger partial charge in [-0.15, -0.1) is 0 Å². The highest BCUT2D eigenvalue weighted by molar-refractivity contribution is 5.94. The smallest absolute Gasteiger partial charge is 0.251 e. The van der Waals surface area contributed by atoms with Gasteiger partial charge >= 0.3 is 0 Å². The lowest BCUT2D eigenvalue weighted by Crippen LogP contribution is -2.36. The van der Waals surface area contributed by atoms with E-state index in [1.165, 1.54) is 12.1 Å². The van der Waals surface area contributed by atoms with Crippen LogP contribution in [-0.4, -0.2) is 11.9 Å². The number of carbonyl (C=O) groups is 1. The molecule has 0 heterocycles. The Morgan fingerprint density at radius 1 is 1.31 bits per heavy atom. The largest absolute Gasteiger partial charge is 0.349 e. The summed E-state index contributed by atoms with van der Waals surface area (Å²) in [4.78, 5) is 11.8. The van der Waals surface area contributed by atoms with Gasteiger partial charge in [-0.2, -0.15) is 0 Å². The summed E-state index contributed by atoms with van der Waals surface area (Å²) < 4.78 is 12.9. The summed E-state index contributed by atoms with van der Waals surface area (Å²) in [6, 6.07) is 6.03. The topological polar surface area (TPSA) is 29.1 Å². The lowest BCUT2D eigenvalue weighted by Gasteiger charge is -2.22. The van der Waals surface area contributed by atoms with E-state index < -0.39 is 0 Å². The van der Waals surface area contributed by atoms with Crippen LogP contribution >= 0.6 is 0 Å². The van der Waals surface area contributed by atoms with Crippen LogP contribution in [0.2, 0.25) is 0 Å². The number of rotatable bonds is 2. The van der Waals surface area contributed by atoms with Crippen molar-refractivity contribution in [3.8, 4) is 0 Å². The first-order valence-corrected chi connectivity index (χ1v) is 5.64. The van der Waals surface area contributed by atoms with E-state index in [1.807, 2.05) is 0 Å². The van der Waals surface area contributed by atoms with E-state index >= 15 is 0 Å². The van der Waals surface area contributed by atoms with E-state index in [4.69, 9.17) is 0 Å². The Balaban J connectivity index is 1.97. The summed E-state index contributed by atoms with van der Waals surface area (Å²) in [5, 5.41) is 2.94. The lowest BCUT2D eigenvalue weighted by molar-refractivity contribution is 0.0930. The zero-order valence-electron chi connectivity index (χ0n) is 9.08. The van der Waals surface area contributed by atoms with E-state index in [-0.39, 0.29) is 17.8 Å². The summed E-state index contributed by atoms with van der Waals surface area (Å²) in [5.41, 5.74) is 0.398. The van der Waals surface area contributed by atoms with Crippen molar-refractivity contribution in [2.24, 2.45) is 0 Å². The van der Waals surface area contributed by atoms with Crippen molar-refractivity contribution in [1.29, 1.82) is 0 Å².